The molecule has 4 nitrogen and oxygen atoms in total. The van der Waals surface area contributed by atoms with Crippen molar-refractivity contribution in [1.29, 1.82) is 0 Å². The Hall–Kier alpha value is -0.850. The molecule has 20 heavy (non-hydrogen) atoms. The molecule has 0 aliphatic rings. The first-order valence-corrected chi connectivity index (χ1v) is 8.39. The molecule has 0 saturated heterocycles. The molecule has 0 aliphatic carbocycles. The van der Waals surface area contributed by atoms with E-state index in [0.29, 0.717) is 18.6 Å². The standard InChI is InChI=1S/C13H19ClFNO3S/c1-3-13(4-2,9-20(16,17)18)8-19-10-5-6-11(14)12(15)7-10/h5-7H,3-4,8-9H2,1-2H3,(H2,16,17,18). The molecule has 7 heteroatoms. The molecule has 1 aromatic carbocycles. The van der Waals surface area contributed by atoms with Gasteiger partial charge in [-0.25, -0.2) is 17.9 Å². The van der Waals surface area contributed by atoms with Gasteiger partial charge in [0.05, 0.1) is 17.4 Å². The van der Waals surface area contributed by atoms with Crippen molar-refractivity contribution in [2.24, 2.45) is 10.6 Å². The number of primary sulfonamides is 1. The third-order valence-corrected chi connectivity index (χ3v) is 4.76. The third kappa shape index (κ3) is 4.92. The molecular formula is C13H19ClFNO3S. The normalized spacial score (nSPS) is 12.4. The minimum Gasteiger partial charge on any atom is -0.493 e. The van der Waals surface area contributed by atoms with Gasteiger partial charge in [-0.2, -0.15) is 0 Å². The molecule has 0 amide bonds. The van der Waals surface area contributed by atoms with Crippen LogP contribution in [0.1, 0.15) is 26.7 Å². The fourth-order valence-electron chi connectivity index (χ4n) is 1.93. The fourth-order valence-corrected chi connectivity index (χ4v) is 3.39. The van der Waals surface area contributed by atoms with Crippen LogP contribution in [-0.2, 0) is 10.0 Å². The van der Waals surface area contributed by atoms with Crippen LogP contribution in [0.25, 0.3) is 0 Å². The van der Waals surface area contributed by atoms with Crippen LogP contribution in [-0.4, -0.2) is 20.8 Å². The Bertz CT molecular complexity index is 559. The lowest BCUT2D eigenvalue weighted by Gasteiger charge is -2.30. The summed E-state index contributed by atoms with van der Waals surface area (Å²) in [6, 6.07) is 4.11. The molecule has 0 heterocycles. The van der Waals surface area contributed by atoms with Gasteiger partial charge in [-0.1, -0.05) is 25.4 Å². The summed E-state index contributed by atoms with van der Waals surface area (Å²) in [6.45, 7) is 3.90. The Balaban J connectivity index is 2.83. The van der Waals surface area contributed by atoms with Crippen LogP contribution >= 0.6 is 11.6 Å². The van der Waals surface area contributed by atoms with Gasteiger partial charge < -0.3 is 4.74 Å². The topological polar surface area (TPSA) is 69.4 Å². The number of ether oxygens (including phenoxy) is 1. The first-order valence-electron chi connectivity index (χ1n) is 6.29. The average Bonchev–Trinajstić information content (AvgIpc) is 2.37. The summed E-state index contributed by atoms with van der Waals surface area (Å²) in [5, 5.41) is 5.14. The summed E-state index contributed by atoms with van der Waals surface area (Å²) >= 11 is 5.59. The Labute approximate surface area is 124 Å². The zero-order valence-corrected chi connectivity index (χ0v) is 13.1. The predicted octanol–water partition coefficient (Wildman–Crippen LogP) is 2.95. The predicted molar refractivity (Wildman–Crippen MR) is 77.9 cm³/mol. The van der Waals surface area contributed by atoms with Crippen molar-refractivity contribution in [2.45, 2.75) is 26.7 Å². The van der Waals surface area contributed by atoms with E-state index in [4.69, 9.17) is 21.5 Å². The van der Waals surface area contributed by atoms with Crippen molar-refractivity contribution in [3.63, 3.8) is 0 Å². The van der Waals surface area contributed by atoms with Crippen molar-refractivity contribution < 1.29 is 17.5 Å². The van der Waals surface area contributed by atoms with E-state index in [-0.39, 0.29) is 17.4 Å². The zero-order chi connectivity index (χ0) is 15.4. The van der Waals surface area contributed by atoms with Gasteiger partial charge in [0.25, 0.3) is 0 Å². The molecule has 0 atom stereocenters. The number of halogens is 2. The van der Waals surface area contributed by atoms with Crippen LogP contribution in [0.15, 0.2) is 18.2 Å². The molecule has 0 unspecified atom stereocenters. The van der Waals surface area contributed by atoms with Crippen LogP contribution in [0.4, 0.5) is 4.39 Å². The van der Waals surface area contributed by atoms with Gasteiger partial charge >= 0.3 is 0 Å². The summed E-state index contributed by atoms with van der Waals surface area (Å²) in [6.07, 6.45) is 1.19. The van der Waals surface area contributed by atoms with E-state index in [1.807, 2.05) is 13.8 Å². The van der Waals surface area contributed by atoms with E-state index < -0.39 is 21.3 Å². The number of hydrogen-bond donors (Lipinski definition) is 1. The zero-order valence-electron chi connectivity index (χ0n) is 11.5. The van der Waals surface area contributed by atoms with Crippen LogP contribution in [0.3, 0.4) is 0 Å². The Morgan fingerprint density at radius 2 is 1.95 bits per heavy atom. The minimum absolute atomic E-state index is 0.0131. The van der Waals surface area contributed by atoms with Crippen molar-refractivity contribution in [3.05, 3.63) is 29.0 Å². The summed E-state index contributed by atoms with van der Waals surface area (Å²) < 4.78 is 41.5. The highest BCUT2D eigenvalue weighted by molar-refractivity contribution is 7.89. The maximum atomic E-state index is 13.3. The van der Waals surface area contributed by atoms with E-state index in [9.17, 15) is 12.8 Å². The van der Waals surface area contributed by atoms with Gasteiger partial charge in [0.2, 0.25) is 10.0 Å². The van der Waals surface area contributed by atoms with Crippen molar-refractivity contribution in [2.75, 3.05) is 12.4 Å². The second-order valence-electron chi connectivity index (χ2n) is 4.88. The molecular weight excluding hydrogens is 305 g/mol. The van der Waals surface area contributed by atoms with Crippen molar-refractivity contribution >= 4 is 21.6 Å². The molecule has 0 saturated carbocycles. The monoisotopic (exact) mass is 323 g/mol. The molecule has 114 valence electrons. The van der Waals surface area contributed by atoms with Crippen molar-refractivity contribution in [1.82, 2.24) is 0 Å². The van der Waals surface area contributed by atoms with Crippen LogP contribution in [0.5, 0.6) is 5.75 Å². The Kier molecular flexibility index (Phi) is 5.79. The molecule has 0 spiro atoms. The molecule has 0 aliphatic heterocycles. The maximum Gasteiger partial charge on any atom is 0.209 e. The second-order valence-corrected chi connectivity index (χ2v) is 6.90. The minimum atomic E-state index is -3.60. The largest absolute Gasteiger partial charge is 0.493 e. The van der Waals surface area contributed by atoms with Gasteiger partial charge in [0, 0.05) is 11.5 Å². The number of nitrogens with two attached hydrogens (primary N) is 1. The average molecular weight is 324 g/mol. The lowest BCUT2D eigenvalue weighted by molar-refractivity contribution is 0.154. The smallest absolute Gasteiger partial charge is 0.209 e. The highest BCUT2D eigenvalue weighted by Gasteiger charge is 2.32. The van der Waals surface area contributed by atoms with Gasteiger partial charge in [0.1, 0.15) is 11.6 Å². The summed E-state index contributed by atoms with van der Waals surface area (Å²) in [4.78, 5) is 0. The Morgan fingerprint density at radius 3 is 2.40 bits per heavy atom. The van der Waals surface area contributed by atoms with Gasteiger partial charge in [-0.15, -0.1) is 0 Å². The third-order valence-electron chi connectivity index (χ3n) is 3.44. The molecule has 0 bridgehead atoms. The molecule has 1 rings (SSSR count). The summed E-state index contributed by atoms with van der Waals surface area (Å²) in [5.41, 5.74) is -0.580. The molecule has 0 radical (unpaired) electrons. The first-order chi connectivity index (χ1) is 9.21. The van der Waals surface area contributed by atoms with E-state index in [0.717, 1.165) is 0 Å². The molecule has 2 N–H and O–H groups in total. The molecule has 1 aromatic rings. The lowest BCUT2D eigenvalue weighted by atomic mass is 9.85. The lowest BCUT2D eigenvalue weighted by Crippen LogP contribution is -2.37. The van der Waals surface area contributed by atoms with E-state index in [2.05, 4.69) is 0 Å². The van der Waals surface area contributed by atoms with E-state index >= 15 is 0 Å². The fraction of sp³-hybridized carbons (Fsp3) is 0.538. The van der Waals surface area contributed by atoms with E-state index in [1.165, 1.54) is 12.1 Å². The van der Waals surface area contributed by atoms with E-state index in [1.54, 1.807) is 6.07 Å². The Morgan fingerprint density at radius 1 is 1.35 bits per heavy atom. The van der Waals surface area contributed by atoms with Crippen LogP contribution in [0.2, 0.25) is 5.02 Å². The van der Waals surface area contributed by atoms with Crippen molar-refractivity contribution in [3.8, 4) is 5.75 Å². The van der Waals surface area contributed by atoms with Gasteiger partial charge in [-0.05, 0) is 25.0 Å². The molecule has 0 fully saturated rings. The number of sulfonamides is 1. The quantitative estimate of drug-likeness (QED) is 0.838. The van der Waals surface area contributed by atoms with Crippen LogP contribution in [0, 0.1) is 11.2 Å². The number of hydrogen-bond acceptors (Lipinski definition) is 3. The van der Waals surface area contributed by atoms with Gasteiger partial charge in [-0.3, -0.25) is 0 Å². The second kappa shape index (κ2) is 6.74. The first kappa shape index (κ1) is 17.2. The molecule has 0 aromatic heterocycles. The van der Waals surface area contributed by atoms with Crippen LogP contribution < -0.4 is 9.88 Å². The summed E-state index contributed by atoms with van der Waals surface area (Å²) in [7, 11) is -3.60. The number of rotatable bonds is 7. The summed E-state index contributed by atoms with van der Waals surface area (Å²) in [5.74, 6) is -0.426. The highest BCUT2D eigenvalue weighted by atomic mass is 35.5. The highest BCUT2D eigenvalue weighted by Crippen LogP contribution is 2.30. The SMILES string of the molecule is CCC(CC)(COc1ccc(Cl)c(F)c1)CS(N)(=O)=O. The maximum absolute atomic E-state index is 13.3. The van der Waals surface area contributed by atoms with Gasteiger partial charge in [0.15, 0.2) is 0 Å². The number of benzene rings is 1.